The summed E-state index contributed by atoms with van der Waals surface area (Å²) in [6.45, 7) is 0. The first-order valence-corrected chi connectivity index (χ1v) is 3.17. The molecule has 0 aromatic carbocycles. The van der Waals surface area contributed by atoms with Gasteiger partial charge in [0.05, 0.1) is 7.11 Å². The van der Waals surface area contributed by atoms with E-state index in [1.54, 1.807) is 5.92 Å². The summed E-state index contributed by atoms with van der Waals surface area (Å²) in [6, 6.07) is 0. The van der Waals surface area contributed by atoms with E-state index in [4.69, 9.17) is 5.73 Å². The van der Waals surface area contributed by atoms with Gasteiger partial charge in [-0.15, -0.1) is 12.3 Å². The molecule has 3 nitrogen and oxygen atoms in total. The Labute approximate surface area is 73.0 Å². The summed E-state index contributed by atoms with van der Waals surface area (Å²) in [4.78, 5) is 10.7. The summed E-state index contributed by atoms with van der Waals surface area (Å²) < 4.78 is 40.5. The highest BCUT2D eigenvalue weighted by molar-refractivity contribution is 5.82. The number of halogens is 3. The first-order valence-electron chi connectivity index (χ1n) is 3.17. The Hall–Kier alpha value is -1.22. The number of rotatable bonds is 2. The normalized spacial score (nSPS) is 15.7. The van der Waals surface area contributed by atoms with Crippen LogP contribution in [0.4, 0.5) is 13.2 Å². The Kier molecular flexibility index (Phi) is 3.32. The maximum Gasteiger partial charge on any atom is 0.418 e. The molecular formula is C7H8F3NO2. The Morgan fingerprint density at radius 1 is 1.62 bits per heavy atom. The fourth-order valence-corrected chi connectivity index (χ4v) is 0.631. The van der Waals surface area contributed by atoms with E-state index in [2.05, 4.69) is 11.2 Å². The van der Waals surface area contributed by atoms with E-state index in [0.29, 0.717) is 0 Å². The fraction of sp³-hybridized carbons (Fsp3) is 0.571. The van der Waals surface area contributed by atoms with Gasteiger partial charge in [-0.05, 0) is 0 Å². The average molecular weight is 195 g/mol. The van der Waals surface area contributed by atoms with Crippen molar-refractivity contribution < 1.29 is 22.7 Å². The summed E-state index contributed by atoms with van der Waals surface area (Å²) in [5.41, 5.74) is 1.70. The lowest BCUT2D eigenvalue weighted by atomic mass is 9.96. The summed E-state index contributed by atoms with van der Waals surface area (Å²) in [5, 5.41) is 0. The van der Waals surface area contributed by atoms with Crippen LogP contribution in [0, 0.1) is 12.3 Å². The monoisotopic (exact) mass is 195 g/mol. The van der Waals surface area contributed by atoms with E-state index in [1.165, 1.54) is 0 Å². The third-order valence-electron chi connectivity index (χ3n) is 1.44. The zero-order valence-electron chi connectivity index (χ0n) is 6.81. The molecule has 0 aromatic rings. The molecule has 0 aliphatic rings. The predicted molar refractivity (Wildman–Crippen MR) is 38.4 cm³/mol. The third kappa shape index (κ3) is 2.12. The van der Waals surface area contributed by atoms with Crippen molar-refractivity contribution in [3.8, 4) is 12.3 Å². The Balaban J connectivity index is 4.97. The Bertz CT molecular complexity index is 243. The minimum Gasteiger partial charge on any atom is -0.467 e. The Morgan fingerprint density at radius 3 is 2.31 bits per heavy atom. The number of carbonyl (C=O) groups excluding carboxylic acids is 1. The van der Waals surface area contributed by atoms with Crippen molar-refractivity contribution in [1.29, 1.82) is 0 Å². The van der Waals surface area contributed by atoms with Crippen molar-refractivity contribution in [1.82, 2.24) is 0 Å². The van der Waals surface area contributed by atoms with Crippen molar-refractivity contribution in [2.24, 2.45) is 5.73 Å². The van der Waals surface area contributed by atoms with Gasteiger partial charge in [0, 0.05) is 6.42 Å². The topological polar surface area (TPSA) is 52.3 Å². The molecule has 0 radical (unpaired) electrons. The van der Waals surface area contributed by atoms with Crippen molar-refractivity contribution >= 4 is 5.97 Å². The molecule has 0 aliphatic heterocycles. The van der Waals surface area contributed by atoms with Gasteiger partial charge in [0.15, 0.2) is 0 Å². The largest absolute Gasteiger partial charge is 0.467 e. The van der Waals surface area contributed by atoms with Crippen molar-refractivity contribution in [3.63, 3.8) is 0 Å². The zero-order chi connectivity index (χ0) is 10.7. The van der Waals surface area contributed by atoms with Crippen LogP contribution in [-0.4, -0.2) is 24.8 Å². The van der Waals surface area contributed by atoms with Crippen LogP contribution in [0.3, 0.4) is 0 Å². The number of terminal acetylenes is 1. The summed E-state index contributed by atoms with van der Waals surface area (Å²) in [7, 11) is 0.812. The number of alkyl halides is 3. The molecule has 74 valence electrons. The first-order chi connectivity index (χ1) is 5.79. The third-order valence-corrected chi connectivity index (χ3v) is 1.44. The molecule has 0 aromatic heterocycles. The van der Waals surface area contributed by atoms with Gasteiger partial charge in [-0.2, -0.15) is 13.2 Å². The Morgan fingerprint density at radius 2 is 2.08 bits per heavy atom. The molecule has 0 aliphatic carbocycles. The molecule has 0 spiro atoms. The number of hydrogen-bond donors (Lipinski definition) is 1. The highest BCUT2D eigenvalue weighted by atomic mass is 19.4. The summed E-state index contributed by atoms with van der Waals surface area (Å²) in [5.74, 6) is 0.0990. The maximum atomic E-state index is 12.2. The standard InChI is InChI=1S/C7H8F3NO2/c1-3-4-6(11,5(12)13-2)7(8,9)10/h1H,4,11H2,2H3/t6-/m1/s1. The van der Waals surface area contributed by atoms with Crippen LogP contribution >= 0.6 is 0 Å². The van der Waals surface area contributed by atoms with Crippen molar-refractivity contribution in [3.05, 3.63) is 0 Å². The van der Waals surface area contributed by atoms with E-state index in [1.807, 2.05) is 0 Å². The first kappa shape index (κ1) is 11.8. The zero-order valence-corrected chi connectivity index (χ0v) is 6.81. The maximum absolute atomic E-state index is 12.2. The molecule has 1 atom stereocenters. The molecule has 0 bridgehead atoms. The smallest absolute Gasteiger partial charge is 0.418 e. The second-order valence-electron chi connectivity index (χ2n) is 2.34. The van der Waals surface area contributed by atoms with E-state index in [-0.39, 0.29) is 0 Å². The van der Waals surface area contributed by atoms with Gasteiger partial charge in [0.2, 0.25) is 5.54 Å². The summed E-state index contributed by atoms with van der Waals surface area (Å²) >= 11 is 0. The van der Waals surface area contributed by atoms with Crippen LogP contribution in [-0.2, 0) is 9.53 Å². The van der Waals surface area contributed by atoms with Crippen molar-refractivity contribution in [2.45, 2.75) is 18.1 Å². The lowest BCUT2D eigenvalue weighted by Gasteiger charge is -2.26. The van der Waals surface area contributed by atoms with Gasteiger partial charge >= 0.3 is 12.1 Å². The van der Waals surface area contributed by atoms with E-state index in [9.17, 15) is 18.0 Å². The highest BCUT2D eigenvalue weighted by Crippen LogP contribution is 2.31. The SMILES string of the molecule is C#CC[C@@](N)(C(=O)OC)C(F)(F)F. The molecule has 0 fully saturated rings. The second kappa shape index (κ2) is 3.66. The van der Waals surface area contributed by atoms with Gasteiger partial charge in [-0.25, -0.2) is 4.79 Å². The van der Waals surface area contributed by atoms with Crippen molar-refractivity contribution in [2.75, 3.05) is 7.11 Å². The van der Waals surface area contributed by atoms with E-state index >= 15 is 0 Å². The number of esters is 1. The average Bonchev–Trinajstić information content (AvgIpc) is 2.01. The number of nitrogens with two attached hydrogens (primary N) is 1. The van der Waals surface area contributed by atoms with Gasteiger partial charge in [-0.3, -0.25) is 0 Å². The molecule has 6 heteroatoms. The lowest BCUT2D eigenvalue weighted by molar-refractivity contribution is -0.202. The van der Waals surface area contributed by atoms with Crippen LogP contribution in [0.5, 0.6) is 0 Å². The lowest BCUT2D eigenvalue weighted by Crippen LogP contribution is -2.59. The molecule has 0 saturated carbocycles. The van der Waals surface area contributed by atoms with Crippen LogP contribution in [0.1, 0.15) is 6.42 Å². The van der Waals surface area contributed by atoms with Gasteiger partial charge in [0.1, 0.15) is 0 Å². The molecule has 0 saturated heterocycles. The number of methoxy groups -OCH3 is 1. The summed E-state index contributed by atoms with van der Waals surface area (Å²) in [6.07, 6.45) is -1.19. The highest BCUT2D eigenvalue weighted by Gasteiger charge is 2.58. The molecule has 0 heterocycles. The van der Waals surface area contributed by atoms with Gasteiger partial charge in [-0.1, -0.05) is 0 Å². The molecule has 13 heavy (non-hydrogen) atoms. The van der Waals surface area contributed by atoms with Crippen LogP contribution < -0.4 is 5.73 Å². The molecule has 0 unspecified atom stereocenters. The predicted octanol–water partition coefficient (Wildman–Crippen LogP) is 0.442. The number of hydrogen-bond acceptors (Lipinski definition) is 3. The minimum atomic E-state index is -4.91. The van der Waals surface area contributed by atoms with Gasteiger partial charge in [0.25, 0.3) is 0 Å². The van der Waals surface area contributed by atoms with Crippen LogP contribution in [0.25, 0.3) is 0 Å². The van der Waals surface area contributed by atoms with Crippen LogP contribution in [0.2, 0.25) is 0 Å². The minimum absolute atomic E-state index is 0.812. The van der Waals surface area contributed by atoms with Crippen LogP contribution in [0.15, 0.2) is 0 Å². The molecule has 0 rings (SSSR count). The second-order valence-corrected chi connectivity index (χ2v) is 2.34. The molecule has 0 amide bonds. The van der Waals surface area contributed by atoms with E-state index < -0.39 is 24.1 Å². The van der Waals surface area contributed by atoms with E-state index in [0.717, 1.165) is 7.11 Å². The molecular weight excluding hydrogens is 187 g/mol. The number of carbonyl (C=O) groups is 1. The van der Waals surface area contributed by atoms with Gasteiger partial charge < -0.3 is 10.5 Å². The quantitative estimate of drug-likeness (QED) is 0.514. The molecule has 2 N–H and O–H groups in total. The number of ether oxygens (including phenoxy) is 1. The fourth-order valence-electron chi connectivity index (χ4n) is 0.631.